The molecule has 2 amide bonds. The standard InChI is InChI=1S/C21H40N2O7Si/c1-11-28-17(25)22-12-13-23(18(26)30-19(2,3)4)21(14-22,16(24)27-8)15-29-31(9,10)20(5,6)7/h11-15H2,1-10H3. The number of carbonyl (C=O) groups is 3. The van der Waals surface area contributed by atoms with E-state index in [-0.39, 0.29) is 37.9 Å². The molecule has 1 atom stereocenters. The Bertz CT molecular complexity index is 670. The minimum Gasteiger partial charge on any atom is -0.467 e. The molecule has 1 aliphatic rings. The van der Waals surface area contributed by atoms with Crippen LogP contribution in [0.3, 0.4) is 0 Å². The molecular formula is C21H40N2O7Si. The highest BCUT2D eigenvalue weighted by Crippen LogP contribution is 2.38. The molecule has 0 spiro atoms. The van der Waals surface area contributed by atoms with Gasteiger partial charge in [0.15, 0.2) is 13.9 Å². The van der Waals surface area contributed by atoms with E-state index in [2.05, 4.69) is 33.9 Å². The first kappa shape index (κ1) is 27.2. The highest BCUT2D eigenvalue weighted by molar-refractivity contribution is 6.74. The SMILES string of the molecule is CCOC(=O)N1CCN(C(=O)OC(C)(C)C)C(CO[Si](C)(C)C(C)(C)C)(C(=O)OC)C1. The molecule has 0 aromatic carbocycles. The van der Waals surface area contributed by atoms with Crippen LogP contribution in [0, 0.1) is 0 Å². The molecule has 1 saturated heterocycles. The van der Waals surface area contributed by atoms with Crippen molar-refractivity contribution in [1.82, 2.24) is 9.80 Å². The van der Waals surface area contributed by atoms with Crippen LogP contribution in [0.5, 0.6) is 0 Å². The molecule has 1 aliphatic heterocycles. The van der Waals surface area contributed by atoms with Gasteiger partial charge in [-0.3, -0.25) is 4.90 Å². The summed E-state index contributed by atoms with van der Waals surface area (Å²) in [6.45, 7) is 17.6. The normalized spacial score (nSPS) is 20.3. The number of methoxy groups -OCH3 is 1. The van der Waals surface area contributed by atoms with E-state index in [4.69, 9.17) is 18.6 Å². The molecule has 0 aliphatic carbocycles. The number of carbonyl (C=O) groups excluding carboxylic acids is 3. The van der Waals surface area contributed by atoms with Crippen molar-refractivity contribution >= 4 is 26.5 Å². The van der Waals surface area contributed by atoms with E-state index in [0.717, 1.165) is 0 Å². The van der Waals surface area contributed by atoms with Gasteiger partial charge in [-0.2, -0.15) is 0 Å². The Morgan fingerprint density at radius 3 is 2.03 bits per heavy atom. The summed E-state index contributed by atoms with van der Waals surface area (Å²) in [6.07, 6.45) is -1.20. The summed E-state index contributed by atoms with van der Waals surface area (Å²) in [6, 6.07) is 0. The van der Waals surface area contributed by atoms with E-state index in [0.29, 0.717) is 0 Å². The van der Waals surface area contributed by atoms with Crippen LogP contribution in [0.15, 0.2) is 0 Å². The second kappa shape index (κ2) is 9.77. The van der Waals surface area contributed by atoms with Gasteiger partial charge in [0.1, 0.15) is 5.60 Å². The third-order valence-electron chi connectivity index (χ3n) is 5.75. The van der Waals surface area contributed by atoms with Crippen LogP contribution < -0.4 is 0 Å². The molecule has 31 heavy (non-hydrogen) atoms. The molecule has 0 bridgehead atoms. The van der Waals surface area contributed by atoms with Crippen LogP contribution >= 0.6 is 0 Å². The summed E-state index contributed by atoms with van der Waals surface area (Å²) in [5.74, 6) is -0.661. The Morgan fingerprint density at radius 2 is 1.58 bits per heavy atom. The molecule has 1 heterocycles. The Hall–Kier alpha value is -1.81. The zero-order chi connectivity index (χ0) is 24.3. The number of hydrogen-bond acceptors (Lipinski definition) is 7. The number of piperazine rings is 1. The monoisotopic (exact) mass is 460 g/mol. The number of ether oxygens (including phenoxy) is 3. The van der Waals surface area contributed by atoms with Crippen molar-refractivity contribution in [3.05, 3.63) is 0 Å². The van der Waals surface area contributed by atoms with Crippen LogP contribution in [-0.4, -0.2) is 87.4 Å². The average Bonchev–Trinajstić information content (AvgIpc) is 2.63. The lowest BCUT2D eigenvalue weighted by molar-refractivity contribution is -0.162. The minimum atomic E-state index is -2.29. The van der Waals surface area contributed by atoms with Crippen molar-refractivity contribution in [1.29, 1.82) is 0 Å². The first-order valence-electron chi connectivity index (χ1n) is 10.7. The molecule has 0 aromatic heterocycles. The van der Waals surface area contributed by atoms with Crippen molar-refractivity contribution in [3.8, 4) is 0 Å². The second-order valence-corrected chi connectivity index (χ2v) is 15.1. The van der Waals surface area contributed by atoms with Gasteiger partial charge < -0.3 is 23.5 Å². The quantitative estimate of drug-likeness (QED) is 0.351. The number of esters is 1. The fourth-order valence-corrected chi connectivity index (χ4v) is 3.96. The van der Waals surface area contributed by atoms with Crippen LogP contribution in [0.25, 0.3) is 0 Å². The maximum atomic E-state index is 13.1. The third-order valence-corrected chi connectivity index (χ3v) is 10.2. The average molecular weight is 461 g/mol. The molecule has 1 rings (SSSR count). The number of amides is 2. The van der Waals surface area contributed by atoms with Gasteiger partial charge in [-0.25, -0.2) is 14.4 Å². The highest BCUT2D eigenvalue weighted by atomic mass is 28.4. The number of rotatable bonds is 5. The predicted octanol–water partition coefficient (Wildman–Crippen LogP) is 3.63. The molecule has 9 nitrogen and oxygen atoms in total. The van der Waals surface area contributed by atoms with Gasteiger partial charge in [0, 0.05) is 13.1 Å². The topological polar surface area (TPSA) is 94.6 Å². The highest BCUT2D eigenvalue weighted by Gasteiger charge is 2.55. The Morgan fingerprint density at radius 1 is 1.00 bits per heavy atom. The molecule has 10 heteroatoms. The lowest BCUT2D eigenvalue weighted by Gasteiger charge is -2.49. The van der Waals surface area contributed by atoms with E-state index >= 15 is 0 Å². The molecule has 0 saturated carbocycles. The Kier molecular flexibility index (Phi) is 8.58. The maximum absolute atomic E-state index is 13.1. The van der Waals surface area contributed by atoms with Gasteiger partial charge in [-0.05, 0) is 45.8 Å². The second-order valence-electron chi connectivity index (χ2n) is 10.3. The molecule has 0 aromatic rings. The summed E-state index contributed by atoms with van der Waals surface area (Å²) in [7, 11) is -1.03. The summed E-state index contributed by atoms with van der Waals surface area (Å²) >= 11 is 0. The van der Waals surface area contributed by atoms with Crippen molar-refractivity contribution < 1.29 is 33.0 Å². The fraction of sp³-hybridized carbons (Fsp3) is 0.857. The zero-order valence-electron chi connectivity index (χ0n) is 20.8. The summed E-state index contributed by atoms with van der Waals surface area (Å²) in [5.41, 5.74) is -2.30. The van der Waals surface area contributed by atoms with Gasteiger partial charge in [-0.1, -0.05) is 20.8 Å². The number of hydrogen-bond donors (Lipinski definition) is 0. The van der Waals surface area contributed by atoms with Crippen molar-refractivity contribution in [3.63, 3.8) is 0 Å². The van der Waals surface area contributed by atoms with Gasteiger partial charge >= 0.3 is 18.2 Å². The van der Waals surface area contributed by atoms with Crippen LogP contribution in [0.4, 0.5) is 9.59 Å². The van der Waals surface area contributed by atoms with Crippen molar-refractivity contribution in [2.24, 2.45) is 0 Å². The lowest BCUT2D eigenvalue weighted by Crippen LogP contribution is -2.71. The van der Waals surface area contributed by atoms with Gasteiger partial charge in [0.2, 0.25) is 0 Å². The minimum absolute atomic E-state index is 0.0870. The summed E-state index contributed by atoms with van der Waals surface area (Å²) < 4.78 is 22.2. The first-order chi connectivity index (χ1) is 14.0. The maximum Gasteiger partial charge on any atom is 0.411 e. The van der Waals surface area contributed by atoms with E-state index in [1.165, 1.54) is 16.9 Å². The molecule has 1 unspecified atom stereocenters. The van der Waals surface area contributed by atoms with Gasteiger partial charge in [0.05, 0.1) is 26.9 Å². The number of nitrogens with zero attached hydrogens (tertiary/aromatic N) is 2. The molecule has 0 radical (unpaired) electrons. The van der Waals surface area contributed by atoms with E-state index in [9.17, 15) is 14.4 Å². The van der Waals surface area contributed by atoms with Crippen molar-refractivity contribution in [2.45, 2.75) is 77.7 Å². The van der Waals surface area contributed by atoms with E-state index < -0.39 is 37.6 Å². The van der Waals surface area contributed by atoms with E-state index in [1.807, 2.05) is 0 Å². The first-order valence-corrected chi connectivity index (χ1v) is 13.6. The molecule has 1 fully saturated rings. The zero-order valence-corrected chi connectivity index (χ0v) is 21.8. The Balaban J connectivity index is 3.41. The smallest absolute Gasteiger partial charge is 0.411 e. The van der Waals surface area contributed by atoms with Crippen LogP contribution in [-0.2, 0) is 23.4 Å². The molecule has 180 valence electrons. The van der Waals surface area contributed by atoms with Crippen LogP contribution in [0.1, 0.15) is 48.5 Å². The molecule has 0 N–H and O–H groups in total. The largest absolute Gasteiger partial charge is 0.467 e. The summed E-state index contributed by atoms with van der Waals surface area (Å²) in [4.78, 5) is 41.4. The van der Waals surface area contributed by atoms with E-state index in [1.54, 1.807) is 27.7 Å². The summed E-state index contributed by atoms with van der Waals surface area (Å²) in [5, 5.41) is -0.115. The fourth-order valence-electron chi connectivity index (χ4n) is 2.93. The van der Waals surface area contributed by atoms with Gasteiger partial charge in [0.25, 0.3) is 0 Å². The Labute approximate surface area is 187 Å². The van der Waals surface area contributed by atoms with Gasteiger partial charge in [-0.15, -0.1) is 0 Å². The predicted molar refractivity (Wildman–Crippen MR) is 119 cm³/mol. The lowest BCUT2D eigenvalue weighted by atomic mass is 9.95. The van der Waals surface area contributed by atoms with Crippen molar-refractivity contribution in [2.75, 3.05) is 40.0 Å². The molecular weight excluding hydrogens is 420 g/mol. The van der Waals surface area contributed by atoms with Crippen LogP contribution in [0.2, 0.25) is 18.1 Å². The third kappa shape index (κ3) is 6.58.